The van der Waals surface area contributed by atoms with Crippen LogP contribution in [0.15, 0.2) is 21.4 Å². The summed E-state index contributed by atoms with van der Waals surface area (Å²) in [5.74, 6) is 3.86. The van der Waals surface area contributed by atoms with Crippen molar-refractivity contribution in [2.24, 2.45) is 0 Å². The van der Waals surface area contributed by atoms with Crippen molar-refractivity contribution in [1.29, 1.82) is 5.26 Å². The Morgan fingerprint density at radius 1 is 1.62 bits per heavy atom. The van der Waals surface area contributed by atoms with E-state index in [9.17, 15) is 4.79 Å². The fourth-order valence-electron chi connectivity index (χ4n) is 1.20. The standard InChI is InChI=1S/C9H6N2OS/c1-13-3-2-7-8(12)6(4-10)5-11-9(7)13/h2-3,5H,1H2,(H,11,12). The van der Waals surface area contributed by atoms with Crippen LogP contribution >= 0.6 is 10.5 Å². The summed E-state index contributed by atoms with van der Waals surface area (Å²) in [6, 6.07) is 1.84. The molecule has 0 saturated heterocycles. The van der Waals surface area contributed by atoms with Gasteiger partial charge in [-0.25, -0.2) is 0 Å². The van der Waals surface area contributed by atoms with Gasteiger partial charge in [-0.05, 0) is 11.5 Å². The molecule has 1 aromatic heterocycles. The second-order valence-corrected chi connectivity index (χ2v) is 4.16. The molecule has 2 heterocycles. The predicted molar refractivity (Wildman–Crippen MR) is 53.8 cm³/mol. The lowest BCUT2D eigenvalue weighted by Gasteiger charge is -1.99. The van der Waals surface area contributed by atoms with Crippen LogP contribution in [0.3, 0.4) is 0 Å². The van der Waals surface area contributed by atoms with Gasteiger partial charge < -0.3 is 4.98 Å². The molecule has 1 N–H and O–H groups in total. The highest BCUT2D eigenvalue weighted by Gasteiger charge is 2.13. The topological polar surface area (TPSA) is 56.6 Å². The Hall–Kier alpha value is -1.60. The van der Waals surface area contributed by atoms with Gasteiger partial charge in [0.15, 0.2) is 0 Å². The highest BCUT2D eigenvalue weighted by Crippen LogP contribution is 2.32. The molecule has 1 atom stereocenters. The monoisotopic (exact) mass is 190 g/mol. The molecule has 0 aromatic carbocycles. The van der Waals surface area contributed by atoms with Gasteiger partial charge in [-0.15, -0.1) is 10.5 Å². The number of pyridine rings is 1. The maximum absolute atomic E-state index is 11.5. The Morgan fingerprint density at radius 2 is 2.38 bits per heavy atom. The Balaban J connectivity index is 2.83. The molecule has 0 radical (unpaired) electrons. The summed E-state index contributed by atoms with van der Waals surface area (Å²) in [6.45, 7) is 0. The molecular weight excluding hydrogens is 184 g/mol. The highest BCUT2D eigenvalue weighted by atomic mass is 32.2. The van der Waals surface area contributed by atoms with Gasteiger partial charge in [0.25, 0.3) is 0 Å². The fraction of sp³-hybridized carbons (Fsp3) is 0. The third-order valence-electron chi connectivity index (χ3n) is 1.86. The molecule has 0 spiro atoms. The van der Waals surface area contributed by atoms with Crippen molar-refractivity contribution in [3.8, 4) is 6.07 Å². The molecule has 2 rings (SSSR count). The minimum Gasteiger partial charge on any atom is -0.355 e. The van der Waals surface area contributed by atoms with Crippen molar-refractivity contribution in [1.82, 2.24) is 4.98 Å². The van der Waals surface area contributed by atoms with Crippen molar-refractivity contribution in [2.75, 3.05) is 0 Å². The largest absolute Gasteiger partial charge is 0.355 e. The van der Waals surface area contributed by atoms with Gasteiger partial charge in [0, 0.05) is 6.20 Å². The van der Waals surface area contributed by atoms with Crippen LogP contribution in [0.1, 0.15) is 11.1 Å². The van der Waals surface area contributed by atoms with E-state index in [-0.39, 0.29) is 21.5 Å². The van der Waals surface area contributed by atoms with Crippen LogP contribution in [-0.2, 0) is 0 Å². The number of fused-ring (bicyclic) bond motifs is 1. The second-order valence-electron chi connectivity index (χ2n) is 2.62. The third kappa shape index (κ3) is 1.05. The van der Waals surface area contributed by atoms with E-state index in [1.807, 2.05) is 11.5 Å². The van der Waals surface area contributed by atoms with E-state index in [4.69, 9.17) is 5.26 Å². The number of nitrogens with zero attached hydrogens (tertiary/aromatic N) is 1. The number of aromatic amines is 1. The van der Waals surface area contributed by atoms with Crippen molar-refractivity contribution in [2.45, 2.75) is 5.03 Å². The van der Waals surface area contributed by atoms with Crippen molar-refractivity contribution >= 4 is 22.4 Å². The van der Waals surface area contributed by atoms with Crippen LogP contribution in [0.25, 0.3) is 6.08 Å². The molecule has 1 aromatic rings. The van der Waals surface area contributed by atoms with Gasteiger partial charge in [0.1, 0.15) is 11.6 Å². The number of nitriles is 1. The first-order valence-corrected chi connectivity index (χ1v) is 5.06. The zero-order chi connectivity index (χ0) is 9.42. The van der Waals surface area contributed by atoms with E-state index in [0.29, 0.717) is 5.56 Å². The van der Waals surface area contributed by atoms with Crippen molar-refractivity contribution in [3.63, 3.8) is 0 Å². The van der Waals surface area contributed by atoms with Crippen LogP contribution in [-0.4, -0.2) is 10.9 Å². The van der Waals surface area contributed by atoms with Gasteiger partial charge in [0.05, 0.1) is 10.6 Å². The fourth-order valence-corrected chi connectivity index (χ4v) is 2.29. The minimum absolute atomic E-state index is 0.155. The van der Waals surface area contributed by atoms with Gasteiger partial charge in [-0.2, -0.15) is 5.26 Å². The average molecular weight is 190 g/mol. The van der Waals surface area contributed by atoms with E-state index < -0.39 is 0 Å². The Kier molecular flexibility index (Phi) is 1.67. The molecule has 64 valence electrons. The van der Waals surface area contributed by atoms with Gasteiger partial charge >= 0.3 is 0 Å². The molecule has 1 aliphatic rings. The van der Waals surface area contributed by atoms with Crippen LogP contribution in [0.5, 0.6) is 0 Å². The zero-order valence-corrected chi connectivity index (χ0v) is 7.52. The molecule has 13 heavy (non-hydrogen) atoms. The smallest absolute Gasteiger partial charge is 0.207 e. The molecule has 0 saturated carbocycles. The van der Waals surface area contributed by atoms with Crippen molar-refractivity contribution in [3.05, 3.63) is 33.0 Å². The number of hydrogen-bond donors (Lipinski definition) is 1. The van der Waals surface area contributed by atoms with Crippen LogP contribution < -0.4 is 5.43 Å². The van der Waals surface area contributed by atoms with Crippen LogP contribution in [0.2, 0.25) is 0 Å². The van der Waals surface area contributed by atoms with Gasteiger partial charge in [-0.1, -0.05) is 5.87 Å². The normalized spacial score (nSPS) is 18.2. The lowest BCUT2D eigenvalue weighted by atomic mass is 10.2. The molecule has 0 aliphatic carbocycles. The average Bonchev–Trinajstić information content (AvgIpc) is 2.50. The lowest BCUT2D eigenvalue weighted by molar-refractivity contribution is 1.10. The predicted octanol–water partition coefficient (Wildman–Crippen LogP) is 1.29. The summed E-state index contributed by atoms with van der Waals surface area (Å²) in [5, 5.41) is 11.3. The first-order valence-electron chi connectivity index (χ1n) is 3.61. The number of hydrogen-bond acceptors (Lipinski definition) is 2. The SMILES string of the molecule is C=S1C=Cc2c1[nH]cc(C#N)c2=O. The molecule has 4 heteroatoms. The number of nitrogens with one attached hydrogen (secondary N) is 1. The Bertz CT molecular complexity index is 519. The zero-order valence-electron chi connectivity index (χ0n) is 6.70. The Morgan fingerprint density at radius 3 is 3.08 bits per heavy atom. The van der Waals surface area contributed by atoms with E-state index in [0.717, 1.165) is 5.03 Å². The first kappa shape index (κ1) is 8.02. The van der Waals surface area contributed by atoms with E-state index in [2.05, 4.69) is 10.9 Å². The van der Waals surface area contributed by atoms with Crippen molar-refractivity contribution < 1.29 is 0 Å². The Labute approximate surface area is 77.3 Å². The van der Waals surface area contributed by atoms with Gasteiger partial charge in [-0.3, -0.25) is 4.79 Å². The van der Waals surface area contributed by atoms with Crippen LogP contribution in [0, 0.1) is 11.3 Å². The molecule has 3 nitrogen and oxygen atoms in total. The summed E-state index contributed by atoms with van der Waals surface area (Å²) in [7, 11) is -0.264. The molecule has 0 bridgehead atoms. The number of aromatic nitrogens is 1. The first-order chi connectivity index (χ1) is 6.24. The van der Waals surface area contributed by atoms with E-state index in [1.54, 1.807) is 6.08 Å². The summed E-state index contributed by atoms with van der Waals surface area (Å²) in [4.78, 5) is 14.4. The quantitative estimate of drug-likeness (QED) is 0.627. The van der Waals surface area contributed by atoms with Crippen LogP contribution in [0.4, 0.5) is 0 Å². The summed E-state index contributed by atoms with van der Waals surface area (Å²) >= 11 is 0. The molecular formula is C9H6N2OS. The van der Waals surface area contributed by atoms with Gasteiger partial charge in [0.2, 0.25) is 5.43 Å². The maximum Gasteiger partial charge on any atom is 0.207 e. The lowest BCUT2D eigenvalue weighted by Crippen LogP contribution is -2.10. The van der Waals surface area contributed by atoms with E-state index in [1.165, 1.54) is 6.20 Å². The number of rotatable bonds is 0. The third-order valence-corrected chi connectivity index (χ3v) is 3.19. The maximum atomic E-state index is 11.5. The molecule has 1 aliphatic heterocycles. The summed E-state index contributed by atoms with van der Waals surface area (Å²) < 4.78 is 0. The number of H-pyrrole nitrogens is 1. The summed E-state index contributed by atoms with van der Waals surface area (Å²) in [6.07, 6.45) is 3.17. The summed E-state index contributed by atoms with van der Waals surface area (Å²) in [5.41, 5.74) is 0.533. The molecule has 0 amide bonds. The second kappa shape index (κ2) is 2.71. The molecule has 1 unspecified atom stereocenters. The molecule has 0 fully saturated rings. The van der Waals surface area contributed by atoms with E-state index >= 15 is 0 Å². The highest BCUT2D eigenvalue weighted by molar-refractivity contribution is 8.17. The minimum atomic E-state index is -0.264.